The predicted octanol–water partition coefficient (Wildman–Crippen LogP) is 3.83. The van der Waals surface area contributed by atoms with Crippen LogP contribution in [-0.2, 0) is 11.2 Å². The molecule has 2 aromatic rings. The number of rotatable bonds is 4. The molecule has 0 radical (unpaired) electrons. The van der Waals surface area contributed by atoms with E-state index < -0.39 is 0 Å². The van der Waals surface area contributed by atoms with Gasteiger partial charge in [-0.2, -0.15) is 5.10 Å². The van der Waals surface area contributed by atoms with E-state index in [1.54, 1.807) is 30.3 Å². The summed E-state index contributed by atoms with van der Waals surface area (Å²) < 4.78 is 12.7. The molecule has 0 saturated carbocycles. The van der Waals surface area contributed by atoms with Crippen LogP contribution in [0.1, 0.15) is 11.1 Å². The molecule has 1 amide bonds. The molecule has 0 bridgehead atoms. The van der Waals surface area contributed by atoms with E-state index in [1.165, 1.54) is 18.3 Å². The van der Waals surface area contributed by atoms with Crippen LogP contribution >= 0.6 is 23.2 Å². The second kappa shape index (κ2) is 7.20. The lowest BCUT2D eigenvalue weighted by Gasteiger charge is -2.01. The van der Waals surface area contributed by atoms with E-state index in [9.17, 15) is 9.18 Å². The summed E-state index contributed by atoms with van der Waals surface area (Å²) in [4.78, 5) is 11.7. The minimum absolute atomic E-state index is 0.117. The Labute approximate surface area is 131 Å². The number of hydrogen-bond acceptors (Lipinski definition) is 2. The molecule has 3 nitrogen and oxygen atoms in total. The van der Waals surface area contributed by atoms with Crippen molar-refractivity contribution in [2.24, 2.45) is 5.10 Å². The highest BCUT2D eigenvalue weighted by molar-refractivity contribution is 6.36. The molecule has 0 spiro atoms. The maximum absolute atomic E-state index is 12.7. The van der Waals surface area contributed by atoms with Crippen molar-refractivity contribution in [1.29, 1.82) is 0 Å². The van der Waals surface area contributed by atoms with Crippen molar-refractivity contribution in [3.63, 3.8) is 0 Å². The van der Waals surface area contributed by atoms with Crippen LogP contribution in [0.3, 0.4) is 0 Å². The largest absolute Gasteiger partial charge is 0.273 e. The van der Waals surface area contributed by atoms with Crippen LogP contribution in [0.4, 0.5) is 4.39 Å². The van der Waals surface area contributed by atoms with Gasteiger partial charge >= 0.3 is 0 Å². The molecule has 0 aromatic heterocycles. The van der Waals surface area contributed by atoms with E-state index in [4.69, 9.17) is 23.2 Å². The molecule has 0 aliphatic heterocycles. The molecule has 0 atom stereocenters. The first-order valence-corrected chi connectivity index (χ1v) is 6.81. The predicted molar refractivity (Wildman–Crippen MR) is 82.3 cm³/mol. The Balaban J connectivity index is 1.91. The molecule has 2 rings (SSSR count). The molecule has 0 unspecified atom stereocenters. The third-order valence-corrected chi connectivity index (χ3v) is 3.20. The average Bonchev–Trinajstić information content (AvgIpc) is 2.44. The molecule has 0 aliphatic carbocycles. The molecule has 0 saturated heterocycles. The average molecular weight is 325 g/mol. The molecular formula is C15H11Cl2FN2O. The monoisotopic (exact) mass is 324 g/mol. The SMILES string of the molecule is O=C(Cc1ccc(F)cc1)N/N=C/c1ccc(Cl)cc1Cl. The van der Waals surface area contributed by atoms with Gasteiger partial charge in [0.1, 0.15) is 5.82 Å². The molecule has 21 heavy (non-hydrogen) atoms. The highest BCUT2D eigenvalue weighted by atomic mass is 35.5. The van der Waals surface area contributed by atoms with Gasteiger partial charge in [-0.1, -0.05) is 41.4 Å². The van der Waals surface area contributed by atoms with Crippen molar-refractivity contribution in [2.45, 2.75) is 6.42 Å². The number of nitrogens with one attached hydrogen (secondary N) is 1. The molecule has 1 N–H and O–H groups in total. The fraction of sp³-hybridized carbons (Fsp3) is 0.0667. The molecule has 108 valence electrons. The smallest absolute Gasteiger partial charge is 0.244 e. The maximum Gasteiger partial charge on any atom is 0.244 e. The van der Waals surface area contributed by atoms with Gasteiger partial charge < -0.3 is 0 Å². The Hall–Kier alpha value is -1.91. The lowest BCUT2D eigenvalue weighted by atomic mass is 10.1. The zero-order chi connectivity index (χ0) is 15.2. The zero-order valence-corrected chi connectivity index (χ0v) is 12.3. The van der Waals surface area contributed by atoms with Gasteiger partial charge in [-0.15, -0.1) is 0 Å². The minimum Gasteiger partial charge on any atom is -0.273 e. The summed E-state index contributed by atoms with van der Waals surface area (Å²) in [6.07, 6.45) is 1.55. The van der Waals surface area contributed by atoms with Crippen LogP contribution in [0.2, 0.25) is 10.0 Å². The van der Waals surface area contributed by atoms with Gasteiger partial charge in [0.25, 0.3) is 0 Å². The highest BCUT2D eigenvalue weighted by Gasteiger charge is 2.03. The molecular weight excluding hydrogens is 314 g/mol. The van der Waals surface area contributed by atoms with E-state index in [0.717, 1.165) is 0 Å². The first-order valence-electron chi connectivity index (χ1n) is 6.06. The van der Waals surface area contributed by atoms with Gasteiger partial charge in [-0.05, 0) is 29.8 Å². The van der Waals surface area contributed by atoms with E-state index in [-0.39, 0.29) is 18.1 Å². The van der Waals surface area contributed by atoms with Gasteiger partial charge in [0.05, 0.1) is 17.7 Å². The molecule has 0 heterocycles. The number of hydrazone groups is 1. The first kappa shape index (κ1) is 15.5. The Bertz CT molecular complexity index is 672. The number of hydrogen-bond donors (Lipinski definition) is 1. The van der Waals surface area contributed by atoms with Crippen LogP contribution in [0, 0.1) is 5.82 Å². The maximum atomic E-state index is 12.7. The molecule has 0 fully saturated rings. The van der Waals surface area contributed by atoms with Crippen molar-refractivity contribution in [1.82, 2.24) is 5.43 Å². The number of amides is 1. The van der Waals surface area contributed by atoms with Crippen molar-refractivity contribution in [2.75, 3.05) is 0 Å². The molecule has 6 heteroatoms. The Morgan fingerprint density at radius 1 is 1.19 bits per heavy atom. The summed E-state index contributed by atoms with van der Waals surface area (Å²) in [5, 5.41) is 4.79. The van der Waals surface area contributed by atoms with Crippen LogP contribution in [0.5, 0.6) is 0 Å². The number of halogens is 3. The topological polar surface area (TPSA) is 41.5 Å². The third-order valence-electron chi connectivity index (χ3n) is 2.63. The fourth-order valence-electron chi connectivity index (χ4n) is 1.61. The number of benzene rings is 2. The van der Waals surface area contributed by atoms with E-state index in [0.29, 0.717) is 21.2 Å². The van der Waals surface area contributed by atoms with Crippen molar-refractivity contribution in [3.05, 3.63) is 69.5 Å². The lowest BCUT2D eigenvalue weighted by Crippen LogP contribution is -2.19. The summed E-state index contributed by atoms with van der Waals surface area (Å²) in [5.74, 6) is -0.641. The summed E-state index contributed by atoms with van der Waals surface area (Å²) >= 11 is 11.7. The summed E-state index contributed by atoms with van der Waals surface area (Å²) in [5.41, 5.74) is 3.73. The van der Waals surface area contributed by atoms with Gasteiger partial charge in [0.15, 0.2) is 0 Å². The lowest BCUT2D eigenvalue weighted by molar-refractivity contribution is -0.120. The third kappa shape index (κ3) is 4.85. The van der Waals surface area contributed by atoms with Crippen LogP contribution in [-0.4, -0.2) is 12.1 Å². The van der Waals surface area contributed by atoms with Crippen molar-refractivity contribution >= 4 is 35.3 Å². The minimum atomic E-state index is -0.338. The quantitative estimate of drug-likeness (QED) is 0.674. The Morgan fingerprint density at radius 2 is 1.90 bits per heavy atom. The van der Waals surface area contributed by atoms with Crippen molar-refractivity contribution in [3.8, 4) is 0 Å². The molecule has 2 aromatic carbocycles. The Kier molecular flexibility index (Phi) is 5.31. The number of carbonyl (C=O) groups excluding carboxylic acids is 1. The number of nitrogens with zero attached hydrogens (tertiary/aromatic N) is 1. The molecule has 0 aliphatic rings. The summed E-state index contributed by atoms with van der Waals surface area (Å²) in [6, 6.07) is 10.7. The second-order valence-electron chi connectivity index (χ2n) is 4.26. The van der Waals surface area contributed by atoms with Crippen LogP contribution < -0.4 is 5.43 Å². The normalized spacial score (nSPS) is 10.8. The van der Waals surface area contributed by atoms with Crippen LogP contribution in [0.15, 0.2) is 47.6 Å². The van der Waals surface area contributed by atoms with Gasteiger partial charge in [-0.3, -0.25) is 4.79 Å². The summed E-state index contributed by atoms with van der Waals surface area (Å²) in [7, 11) is 0. The van der Waals surface area contributed by atoms with E-state index >= 15 is 0 Å². The van der Waals surface area contributed by atoms with Gasteiger partial charge in [-0.25, -0.2) is 9.82 Å². The van der Waals surface area contributed by atoms with E-state index in [1.807, 2.05) is 0 Å². The standard InChI is InChI=1S/C15H11Cl2FN2O/c16-12-4-3-11(14(17)8-12)9-19-20-15(21)7-10-1-5-13(18)6-2-10/h1-6,8-9H,7H2,(H,20,21)/b19-9+. The van der Waals surface area contributed by atoms with Gasteiger partial charge in [0, 0.05) is 10.6 Å². The van der Waals surface area contributed by atoms with Crippen molar-refractivity contribution < 1.29 is 9.18 Å². The Morgan fingerprint density at radius 3 is 2.57 bits per heavy atom. The van der Waals surface area contributed by atoms with Crippen LogP contribution in [0.25, 0.3) is 0 Å². The second-order valence-corrected chi connectivity index (χ2v) is 5.11. The van der Waals surface area contributed by atoms with E-state index in [2.05, 4.69) is 10.5 Å². The fourth-order valence-corrected chi connectivity index (χ4v) is 2.06. The summed E-state index contributed by atoms with van der Waals surface area (Å²) in [6.45, 7) is 0. The van der Waals surface area contributed by atoms with Gasteiger partial charge in [0.2, 0.25) is 5.91 Å². The number of carbonyl (C=O) groups is 1. The first-order chi connectivity index (χ1) is 10.0. The highest BCUT2D eigenvalue weighted by Crippen LogP contribution is 2.19. The zero-order valence-electron chi connectivity index (χ0n) is 10.8.